The molecule has 4 aliphatic rings. The number of esters is 2. The van der Waals surface area contributed by atoms with Gasteiger partial charge in [-0.25, -0.2) is 0 Å². The fourth-order valence-electron chi connectivity index (χ4n) is 7.73. The van der Waals surface area contributed by atoms with Crippen LogP contribution in [0, 0.1) is 34.5 Å². The molecular weight excluding hydrogens is 356 g/mol. The van der Waals surface area contributed by atoms with E-state index in [2.05, 4.69) is 13.8 Å². The van der Waals surface area contributed by atoms with Gasteiger partial charge in [-0.3, -0.25) is 14.4 Å². The van der Waals surface area contributed by atoms with E-state index in [4.69, 9.17) is 9.47 Å². The monoisotopic (exact) mass is 390 g/mol. The second-order valence-electron chi connectivity index (χ2n) is 10.4. The smallest absolute Gasteiger partial charge is 0.302 e. The van der Waals surface area contributed by atoms with Crippen molar-refractivity contribution in [2.45, 2.75) is 91.3 Å². The molecule has 4 rings (SSSR count). The highest BCUT2D eigenvalue weighted by Crippen LogP contribution is 2.65. The molecule has 5 heteroatoms. The lowest BCUT2D eigenvalue weighted by Gasteiger charge is -2.59. The molecule has 0 aromatic carbocycles. The Morgan fingerprint density at radius 1 is 0.929 bits per heavy atom. The van der Waals surface area contributed by atoms with Crippen molar-refractivity contribution in [3.8, 4) is 0 Å². The molecule has 0 bridgehead atoms. The Morgan fingerprint density at radius 2 is 1.64 bits per heavy atom. The number of hydrogen-bond donors (Lipinski definition) is 0. The molecule has 0 heterocycles. The summed E-state index contributed by atoms with van der Waals surface area (Å²) < 4.78 is 11.2. The molecule has 28 heavy (non-hydrogen) atoms. The van der Waals surface area contributed by atoms with E-state index in [1.807, 2.05) is 0 Å². The van der Waals surface area contributed by atoms with Crippen LogP contribution in [-0.2, 0) is 23.9 Å². The van der Waals surface area contributed by atoms with Crippen molar-refractivity contribution in [2.24, 2.45) is 34.5 Å². The first-order valence-corrected chi connectivity index (χ1v) is 11.0. The van der Waals surface area contributed by atoms with Crippen LogP contribution in [0.15, 0.2) is 0 Å². The molecule has 156 valence electrons. The van der Waals surface area contributed by atoms with E-state index in [-0.39, 0.29) is 40.9 Å². The summed E-state index contributed by atoms with van der Waals surface area (Å²) in [4.78, 5) is 36.5. The molecule has 0 amide bonds. The number of fused-ring (bicyclic) bond motifs is 5. The van der Waals surface area contributed by atoms with Crippen molar-refractivity contribution in [1.29, 1.82) is 0 Å². The van der Waals surface area contributed by atoms with Gasteiger partial charge in [-0.05, 0) is 68.1 Å². The molecule has 0 saturated heterocycles. The average Bonchev–Trinajstić information content (AvgIpc) is 2.90. The van der Waals surface area contributed by atoms with E-state index in [1.165, 1.54) is 13.8 Å². The lowest BCUT2D eigenvalue weighted by atomic mass is 9.44. The highest BCUT2D eigenvalue weighted by molar-refractivity contribution is 5.84. The molecule has 0 aliphatic heterocycles. The van der Waals surface area contributed by atoms with Crippen molar-refractivity contribution in [3.05, 3.63) is 0 Å². The van der Waals surface area contributed by atoms with Gasteiger partial charge in [-0.1, -0.05) is 13.8 Å². The predicted octanol–water partition coefficient (Wildman–Crippen LogP) is 4.07. The van der Waals surface area contributed by atoms with Crippen LogP contribution in [0.5, 0.6) is 0 Å². The van der Waals surface area contributed by atoms with E-state index in [0.717, 1.165) is 44.9 Å². The summed E-state index contributed by atoms with van der Waals surface area (Å²) in [6.07, 6.45) is 7.24. The Labute approximate surface area is 167 Å². The number of hydrogen-bond acceptors (Lipinski definition) is 5. The Morgan fingerprint density at radius 3 is 2.32 bits per heavy atom. The highest BCUT2D eigenvalue weighted by atomic mass is 16.5. The van der Waals surface area contributed by atoms with Crippen LogP contribution in [0.1, 0.15) is 79.1 Å². The summed E-state index contributed by atoms with van der Waals surface area (Å²) in [6, 6.07) is 0. The maximum Gasteiger partial charge on any atom is 0.302 e. The Balaban J connectivity index is 1.57. The third-order valence-corrected chi connectivity index (χ3v) is 8.85. The molecule has 4 fully saturated rings. The van der Waals surface area contributed by atoms with Crippen LogP contribution in [0.3, 0.4) is 0 Å². The van der Waals surface area contributed by atoms with E-state index >= 15 is 0 Å². The summed E-state index contributed by atoms with van der Waals surface area (Å²) in [5.74, 6) is 1.36. The molecule has 0 unspecified atom stereocenters. The summed E-state index contributed by atoms with van der Waals surface area (Å²) in [7, 11) is 0. The molecule has 0 aromatic heterocycles. The minimum atomic E-state index is -0.235. The molecule has 0 N–H and O–H groups in total. The zero-order valence-electron chi connectivity index (χ0n) is 17.7. The number of ketones is 1. The van der Waals surface area contributed by atoms with Gasteiger partial charge in [0.15, 0.2) is 0 Å². The summed E-state index contributed by atoms with van der Waals surface area (Å²) >= 11 is 0. The predicted molar refractivity (Wildman–Crippen MR) is 103 cm³/mol. The fraction of sp³-hybridized carbons (Fsp3) is 0.870. The molecule has 5 nitrogen and oxygen atoms in total. The maximum absolute atomic E-state index is 13.5. The molecule has 0 aromatic rings. The van der Waals surface area contributed by atoms with Crippen molar-refractivity contribution < 1.29 is 23.9 Å². The van der Waals surface area contributed by atoms with Gasteiger partial charge in [0.2, 0.25) is 0 Å². The van der Waals surface area contributed by atoms with Gasteiger partial charge in [0.1, 0.15) is 18.0 Å². The summed E-state index contributed by atoms with van der Waals surface area (Å²) in [5.41, 5.74) is -0.195. The van der Waals surface area contributed by atoms with Crippen LogP contribution in [0.4, 0.5) is 0 Å². The summed E-state index contributed by atoms with van der Waals surface area (Å²) in [6.45, 7) is 7.45. The number of Topliss-reactive ketones (excluding diaryl/α,β-unsaturated/α-hetero) is 1. The lowest BCUT2D eigenvalue weighted by Crippen LogP contribution is -2.58. The Bertz CT molecular complexity index is 686. The van der Waals surface area contributed by atoms with E-state index in [1.54, 1.807) is 0 Å². The van der Waals surface area contributed by atoms with Crippen molar-refractivity contribution in [1.82, 2.24) is 0 Å². The maximum atomic E-state index is 13.5. The standard InChI is InChI=1S/C23H34O5/c1-13(24)27-16-9-10-22(3)15(11-16)5-6-17-18-7-8-20(28-14(2)25)23(18,4)12-19(26)21(17)22/h15-18,20-21H,5-12H2,1-4H3/t15-,16+,17+,18-,20+,21-,22-,23-/m0/s1. The van der Waals surface area contributed by atoms with Crippen LogP contribution >= 0.6 is 0 Å². The highest BCUT2D eigenvalue weighted by Gasteiger charge is 2.64. The lowest BCUT2D eigenvalue weighted by molar-refractivity contribution is -0.175. The molecule has 0 spiro atoms. The molecule has 4 aliphatic carbocycles. The van der Waals surface area contributed by atoms with Gasteiger partial charge < -0.3 is 9.47 Å². The van der Waals surface area contributed by atoms with Gasteiger partial charge in [-0.15, -0.1) is 0 Å². The molecule has 0 radical (unpaired) electrons. The minimum Gasteiger partial charge on any atom is -0.463 e. The topological polar surface area (TPSA) is 69.7 Å². The number of rotatable bonds is 2. The van der Waals surface area contributed by atoms with Crippen molar-refractivity contribution in [2.75, 3.05) is 0 Å². The zero-order chi connectivity index (χ0) is 20.3. The average molecular weight is 391 g/mol. The first-order chi connectivity index (χ1) is 13.1. The zero-order valence-corrected chi connectivity index (χ0v) is 17.7. The summed E-state index contributed by atoms with van der Waals surface area (Å²) in [5, 5.41) is 0. The van der Waals surface area contributed by atoms with Gasteiger partial charge in [-0.2, -0.15) is 0 Å². The SMILES string of the molecule is CC(=O)O[C@@H]1CC[C@@]2(C)[C@@H](CC[C@H]3[C@H]2C(=O)C[C@]2(C)[C@H](OC(C)=O)CC[C@@H]32)C1. The molecule has 4 saturated carbocycles. The largest absolute Gasteiger partial charge is 0.463 e. The first kappa shape index (κ1) is 19.9. The third-order valence-electron chi connectivity index (χ3n) is 8.85. The number of carbonyl (C=O) groups excluding carboxylic acids is 3. The van der Waals surface area contributed by atoms with E-state index in [0.29, 0.717) is 30.0 Å². The minimum absolute atomic E-state index is 0.0101. The van der Waals surface area contributed by atoms with Gasteiger partial charge in [0.05, 0.1) is 0 Å². The van der Waals surface area contributed by atoms with Crippen LogP contribution in [0.25, 0.3) is 0 Å². The van der Waals surface area contributed by atoms with Crippen LogP contribution in [0.2, 0.25) is 0 Å². The van der Waals surface area contributed by atoms with E-state index < -0.39 is 0 Å². The number of ether oxygens (including phenoxy) is 2. The second kappa shape index (κ2) is 6.84. The third kappa shape index (κ3) is 3.00. The Kier molecular flexibility index (Phi) is 4.86. The van der Waals surface area contributed by atoms with Crippen molar-refractivity contribution >= 4 is 17.7 Å². The Hall–Kier alpha value is -1.39. The van der Waals surface area contributed by atoms with Crippen LogP contribution in [-0.4, -0.2) is 29.9 Å². The fourth-order valence-corrected chi connectivity index (χ4v) is 7.73. The number of carbonyl (C=O) groups is 3. The first-order valence-electron chi connectivity index (χ1n) is 11.0. The van der Waals surface area contributed by atoms with Gasteiger partial charge in [0, 0.05) is 31.6 Å². The molecule has 8 atom stereocenters. The van der Waals surface area contributed by atoms with Crippen LogP contribution < -0.4 is 0 Å². The molecular formula is C23H34O5. The second-order valence-corrected chi connectivity index (χ2v) is 10.4. The quantitative estimate of drug-likeness (QED) is 0.665. The van der Waals surface area contributed by atoms with E-state index in [9.17, 15) is 14.4 Å². The van der Waals surface area contributed by atoms with Gasteiger partial charge in [0.25, 0.3) is 0 Å². The normalized spacial score (nSPS) is 47.5. The van der Waals surface area contributed by atoms with Gasteiger partial charge >= 0.3 is 11.9 Å². The van der Waals surface area contributed by atoms with Crippen molar-refractivity contribution in [3.63, 3.8) is 0 Å².